The second-order valence-corrected chi connectivity index (χ2v) is 4.41. The van der Waals surface area contributed by atoms with Crippen molar-refractivity contribution in [1.82, 2.24) is 19.9 Å². The van der Waals surface area contributed by atoms with Crippen LogP contribution < -0.4 is 16.2 Å². The zero-order chi connectivity index (χ0) is 14.8. The quantitative estimate of drug-likeness (QED) is 0.662. The molecule has 8 heteroatoms. The predicted octanol–water partition coefficient (Wildman–Crippen LogP) is 1.11. The standard InChI is InChI=1S/C13H13FN6O/c14-9-3-7(1-2-8(9)4-15)5-21-12-10-11(18-6-17-10)19-13(16)20-12/h1-3,6H,4-5,15H2,(H3,16,17,18,19,20). The van der Waals surface area contributed by atoms with Crippen molar-refractivity contribution in [2.45, 2.75) is 13.2 Å². The van der Waals surface area contributed by atoms with Crippen LogP contribution in [0.4, 0.5) is 10.3 Å². The number of hydrogen-bond acceptors (Lipinski definition) is 6. The van der Waals surface area contributed by atoms with Crippen LogP contribution >= 0.6 is 0 Å². The molecule has 0 aliphatic rings. The average Bonchev–Trinajstić information content (AvgIpc) is 2.93. The maximum absolute atomic E-state index is 13.6. The van der Waals surface area contributed by atoms with E-state index in [9.17, 15) is 4.39 Å². The largest absolute Gasteiger partial charge is 0.471 e. The summed E-state index contributed by atoms with van der Waals surface area (Å²) in [5.41, 5.74) is 13.1. The van der Waals surface area contributed by atoms with E-state index in [4.69, 9.17) is 16.2 Å². The maximum atomic E-state index is 13.6. The van der Waals surface area contributed by atoms with Crippen LogP contribution in [0, 0.1) is 5.82 Å². The summed E-state index contributed by atoms with van der Waals surface area (Å²) in [6, 6.07) is 4.77. The van der Waals surface area contributed by atoms with Crippen molar-refractivity contribution in [3.8, 4) is 5.88 Å². The van der Waals surface area contributed by atoms with Crippen LogP contribution in [-0.2, 0) is 13.2 Å². The summed E-state index contributed by atoms with van der Waals surface area (Å²) in [6.45, 7) is 0.302. The number of nitrogens with zero attached hydrogens (tertiary/aromatic N) is 3. The lowest BCUT2D eigenvalue weighted by Gasteiger charge is -2.08. The number of nitrogen functional groups attached to an aromatic ring is 1. The summed E-state index contributed by atoms with van der Waals surface area (Å²) in [5, 5.41) is 0. The third-order valence-corrected chi connectivity index (χ3v) is 2.98. The molecular formula is C13H13FN6O. The highest BCUT2D eigenvalue weighted by molar-refractivity contribution is 5.76. The van der Waals surface area contributed by atoms with E-state index >= 15 is 0 Å². The highest BCUT2D eigenvalue weighted by Gasteiger charge is 2.10. The number of benzene rings is 1. The van der Waals surface area contributed by atoms with E-state index in [-0.39, 0.29) is 30.8 Å². The SMILES string of the molecule is NCc1ccc(COc2nc(N)nc3nc[nH]c23)cc1F. The number of anilines is 1. The van der Waals surface area contributed by atoms with Gasteiger partial charge < -0.3 is 21.2 Å². The van der Waals surface area contributed by atoms with Crippen molar-refractivity contribution in [3.63, 3.8) is 0 Å². The molecule has 0 amide bonds. The lowest BCUT2D eigenvalue weighted by atomic mass is 10.1. The predicted molar refractivity (Wildman–Crippen MR) is 74.7 cm³/mol. The van der Waals surface area contributed by atoms with E-state index in [1.54, 1.807) is 12.1 Å². The Kier molecular flexibility index (Phi) is 3.36. The number of fused-ring (bicyclic) bond motifs is 1. The fourth-order valence-electron chi connectivity index (χ4n) is 1.92. The fraction of sp³-hybridized carbons (Fsp3) is 0.154. The molecule has 3 rings (SSSR count). The number of imidazole rings is 1. The minimum Gasteiger partial charge on any atom is -0.471 e. The molecule has 3 aromatic rings. The van der Waals surface area contributed by atoms with Gasteiger partial charge in [-0.15, -0.1) is 0 Å². The first-order valence-electron chi connectivity index (χ1n) is 6.24. The molecule has 7 nitrogen and oxygen atoms in total. The molecule has 1 aromatic carbocycles. The van der Waals surface area contributed by atoms with Gasteiger partial charge in [-0.2, -0.15) is 9.97 Å². The van der Waals surface area contributed by atoms with E-state index in [1.807, 2.05) is 0 Å². The number of hydrogen-bond donors (Lipinski definition) is 3. The van der Waals surface area contributed by atoms with E-state index in [1.165, 1.54) is 12.4 Å². The van der Waals surface area contributed by atoms with Gasteiger partial charge in [0.1, 0.15) is 17.9 Å². The molecule has 0 radical (unpaired) electrons. The molecule has 5 N–H and O–H groups in total. The van der Waals surface area contributed by atoms with E-state index in [2.05, 4.69) is 19.9 Å². The van der Waals surface area contributed by atoms with Gasteiger partial charge in [-0.3, -0.25) is 0 Å². The number of ether oxygens (including phenoxy) is 1. The van der Waals surface area contributed by atoms with Gasteiger partial charge in [0.15, 0.2) is 5.65 Å². The fourth-order valence-corrected chi connectivity index (χ4v) is 1.92. The van der Waals surface area contributed by atoms with Crippen LogP contribution in [0.2, 0.25) is 0 Å². The van der Waals surface area contributed by atoms with Crippen molar-refractivity contribution in [2.24, 2.45) is 5.73 Å². The maximum Gasteiger partial charge on any atom is 0.245 e. The Labute approximate surface area is 119 Å². The number of aromatic amines is 1. The Balaban J connectivity index is 1.83. The Morgan fingerprint density at radius 3 is 2.90 bits per heavy atom. The molecule has 0 unspecified atom stereocenters. The first kappa shape index (κ1) is 13.3. The van der Waals surface area contributed by atoms with Gasteiger partial charge in [0, 0.05) is 12.1 Å². The van der Waals surface area contributed by atoms with Gasteiger partial charge in [0.2, 0.25) is 11.8 Å². The number of halogens is 1. The second kappa shape index (κ2) is 5.33. The van der Waals surface area contributed by atoms with Crippen LogP contribution in [-0.4, -0.2) is 19.9 Å². The lowest BCUT2D eigenvalue weighted by molar-refractivity contribution is 0.297. The molecule has 21 heavy (non-hydrogen) atoms. The summed E-state index contributed by atoms with van der Waals surface area (Å²) in [5.74, 6) is -0.0138. The summed E-state index contributed by atoms with van der Waals surface area (Å²) < 4.78 is 19.2. The minimum atomic E-state index is -0.354. The van der Waals surface area contributed by atoms with Gasteiger partial charge in [-0.1, -0.05) is 12.1 Å². The summed E-state index contributed by atoms with van der Waals surface area (Å²) in [7, 11) is 0. The van der Waals surface area contributed by atoms with Crippen molar-refractivity contribution >= 4 is 17.1 Å². The Hall–Kier alpha value is -2.74. The third kappa shape index (κ3) is 2.61. The second-order valence-electron chi connectivity index (χ2n) is 4.41. The van der Waals surface area contributed by atoms with Crippen molar-refractivity contribution in [1.29, 1.82) is 0 Å². The molecular weight excluding hydrogens is 275 g/mol. The molecule has 0 bridgehead atoms. The highest BCUT2D eigenvalue weighted by atomic mass is 19.1. The van der Waals surface area contributed by atoms with Gasteiger partial charge >= 0.3 is 0 Å². The van der Waals surface area contributed by atoms with Crippen molar-refractivity contribution in [3.05, 3.63) is 41.5 Å². The Morgan fingerprint density at radius 2 is 2.14 bits per heavy atom. The van der Waals surface area contributed by atoms with E-state index in [0.29, 0.717) is 22.3 Å². The summed E-state index contributed by atoms with van der Waals surface area (Å²) in [6.07, 6.45) is 1.47. The molecule has 0 saturated heterocycles. The average molecular weight is 288 g/mol. The van der Waals surface area contributed by atoms with Crippen LogP contribution in [0.15, 0.2) is 24.5 Å². The van der Waals surface area contributed by atoms with E-state index in [0.717, 1.165) is 0 Å². The van der Waals surface area contributed by atoms with Crippen LogP contribution in [0.1, 0.15) is 11.1 Å². The Morgan fingerprint density at radius 1 is 1.29 bits per heavy atom. The normalized spacial score (nSPS) is 11.0. The monoisotopic (exact) mass is 288 g/mol. The van der Waals surface area contributed by atoms with Crippen LogP contribution in [0.3, 0.4) is 0 Å². The number of aromatic nitrogens is 4. The molecule has 0 saturated carbocycles. The zero-order valence-electron chi connectivity index (χ0n) is 11.0. The summed E-state index contributed by atoms with van der Waals surface area (Å²) >= 11 is 0. The molecule has 2 aromatic heterocycles. The van der Waals surface area contributed by atoms with Crippen LogP contribution in [0.25, 0.3) is 11.2 Å². The number of rotatable bonds is 4. The molecule has 2 heterocycles. The first-order chi connectivity index (χ1) is 10.2. The first-order valence-corrected chi connectivity index (χ1v) is 6.24. The molecule has 108 valence electrons. The number of H-pyrrole nitrogens is 1. The van der Waals surface area contributed by atoms with E-state index < -0.39 is 0 Å². The highest BCUT2D eigenvalue weighted by Crippen LogP contribution is 2.21. The smallest absolute Gasteiger partial charge is 0.245 e. The number of nitrogens with two attached hydrogens (primary N) is 2. The summed E-state index contributed by atoms with van der Waals surface area (Å²) in [4.78, 5) is 14.8. The van der Waals surface area contributed by atoms with Crippen molar-refractivity contribution < 1.29 is 9.13 Å². The topological polar surface area (TPSA) is 116 Å². The van der Waals surface area contributed by atoms with Gasteiger partial charge in [0.25, 0.3) is 0 Å². The third-order valence-electron chi connectivity index (χ3n) is 2.98. The Bertz CT molecular complexity index is 787. The zero-order valence-corrected chi connectivity index (χ0v) is 11.0. The van der Waals surface area contributed by atoms with Crippen molar-refractivity contribution in [2.75, 3.05) is 5.73 Å². The van der Waals surface area contributed by atoms with Gasteiger partial charge in [0.05, 0.1) is 6.33 Å². The van der Waals surface area contributed by atoms with Crippen LogP contribution in [0.5, 0.6) is 5.88 Å². The van der Waals surface area contributed by atoms with Gasteiger partial charge in [-0.25, -0.2) is 9.37 Å². The molecule has 0 aliphatic heterocycles. The molecule has 0 atom stereocenters. The molecule has 0 spiro atoms. The molecule has 0 aliphatic carbocycles. The minimum absolute atomic E-state index is 0.0641. The lowest BCUT2D eigenvalue weighted by Crippen LogP contribution is -2.04. The molecule has 0 fully saturated rings. The van der Waals surface area contributed by atoms with Gasteiger partial charge in [-0.05, 0) is 11.6 Å². The number of nitrogens with one attached hydrogen (secondary N) is 1.